The molecule has 5 nitrogen and oxygen atoms in total. The zero-order valence-corrected chi connectivity index (χ0v) is 15.9. The van der Waals surface area contributed by atoms with E-state index in [1.807, 2.05) is 0 Å². The average Bonchev–Trinajstić information content (AvgIpc) is 3.10. The first-order valence-electron chi connectivity index (χ1n) is 8.50. The Kier molecular flexibility index (Phi) is 5.79. The molecule has 1 N–H and O–H groups in total. The first-order chi connectivity index (χ1) is 12.2. The molecular weight excluding hydrogens is 377 g/mol. The van der Waals surface area contributed by atoms with Gasteiger partial charge < -0.3 is 9.64 Å². The van der Waals surface area contributed by atoms with Gasteiger partial charge in [-0.2, -0.15) is 0 Å². The zero-order chi connectivity index (χ0) is 17.3. The standard InChI is InChI=1S/C18H20FN3O2S.ClH/c19-14-4-2-1-3-13(14)15-16(20-12-25-15)21-17(23)24-11-18-5-8-22(9-6-18)10-7-18;/h1-4,12H,5-11H2,(H,21,23);1H. The van der Waals surface area contributed by atoms with E-state index in [1.54, 1.807) is 23.7 Å². The van der Waals surface area contributed by atoms with Crippen LogP contribution in [0.5, 0.6) is 0 Å². The molecule has 1 aromatic heterocycles. The van der Waals surface area contributed by atoms with Crippen LogP contribution >= 0.6 is 23.7 Å². The Hall–Kier alpha value is -1.70. The highest BCUT2D eigenvalue weighted by atomic mass is 35.5. The van der Waals surface area contributed by atoms with E-state index in [1.165, 1.54) is 17.4 Å². The Morgan fingerprint density at radius 1 is 1.27 bits per heavy atom. The van der Waals surface area contributed by atoms with Crippen molar-refractivity contribution in [2.45, 2.75) is 19.3 Å². The molecule has 140 valence electrons. The van der Waals surface area contributed by atoms with Crippen LogP contribution in [0.1, 0.15) is 19.3 Å². The lowest BCUT2D eigenvalue weighted by molar-refractivity contribution is -0.0190. The number of hydrogen-bond donors (Lipinski definition) is 1. The number of carbonyl (C=O) groups is 1. The van der Waals surface area contributed by atoms with Crippen molar-refractivity contribution in [1.82, 2.24) is 9.88 Å². The molecule has 0 saturated carbocycles. The molecule has 3 saturated heterocycles. The number of ether oxygens (including phenoxy) is 1. The number of aromatic nitrogens is 1. The van der Waals surface area contributed by atoms with E-state index in [0.717, 1.165) is 38.9 Å². The molecule has 2 bridgehead atoms. The maximum Gasteiger partial charge on any atom is 0.412 e. The van der Waals surface area contributed by atoms with Gasteiger partial charge in [0.15, 0.2) is 5.82 Å². The van der Waals surface area contributed by atoms with E-state index in [4.69, 9.17) is 4.74 Å². The molecule has 5 rings (SSSR count). The monoisotopic (exact) mass is 397 g/mol. The van der Waals surface area contributed by atoms with Crippen molar-refractivity contribution in [2.75, 3.05) is 31.6 Å². The minimum absolute atomic E-state index is 0. The number of hydrogen-bond acceptors (Lipinski definition) is 5. The average molecular weight is 398 g/mol. The molecule has 0 radical (unpaired) electrons. The molecular formula is C18H21ClFN3O2S. The van der Waals surface area contributed by atoms with Gasteiger partial charge in [-0.05, 0) is 45.0 Å². The number of anilines is 1. The number of nitrogens with one attached hydrogen (secondary N) is 1. The fraction of sp³-hybridized carbons (Fsp3) is 0.444. The highest BCUT2D eigenvalue weighted by Gasteiger charge is 2.40. The molecule has 0 unspecified atom stereocenters. The molecule has 2 aromatic rings. The van der Waals surface area contributed by atoms with Gasteiger partial charge >= 0.3 is 6.09 Å². The van der Waals surface area contributed by atoms with Gasteiger partial charge in [0.2, 0.25) is 0 Å². The van der Waals surface area contributed by atoms with E-state index in [-0.39, 0.29) is 23.6 Å². The second-order valence-electron chi connectivity index (χ2n) is 6.80. The maximum atomic E-state index is 14.0. The summed E-state index contributed by atoms with van der Waals surface area (Å²) in [6.07, 6.45) is 2.72. The second-order valence-corrected chi connectivity index (χ2v) is 7.66. The van der Waals surface area contributed by atoms with Crippen LogP contribution in [0, 0.1) is 11.2 Å². The molecule has 1 aromatic carbocycles. The van der Waals surface area contributed by atoms with Crippen molar-refractivity contribution >= 4 is 35.7 Å². The van der Waals surface area contributed by atoms with Crippen LogP contribution in [0.25, 0.3) is 10.4 Å². The van der Waals surface area contributed by atoms with Crippen LogP contribution in [0.15, 0.2) is 29.8 Å². The number of thiazole rings is 1. The summed E-state index contributed by atoms with van der Waals surface area (Å²) < 4.78 is 19.5. The molecule has 3 aliphatic rings. The van der Waals surface area contributed by atoms with Gasteiger partial charge in [-0.1, -0.05) is 18.2 Å². The number of amides is 1. The lowest BCUT2D eigenvalue weighted by atomic mass is 9.73. The number of rotatable bonds is 4. The van der Waals surface area contributed by atoms with Crippen LogP contribution in [0.3, 0.4) is 0 Å². The third-order valence-electron chi connectivity index (χ3n) is 5.29. The summed E-state index contributed by atoms with van der Waals surface area (Å²) in [5, 5.41) is 2.67. The summed E-state index contributed by atoms with van der Waals surface area (Å²) in [6.45, 7) is 3.71. The van der Waals surface area contributed by atoms with Crippen LogP contribution in [0.4, 0.5) is 15.0 Å². The van der Waals surface area contributed by atoms with E-state index in [0.29, 0.717) is 22.9 Å². The highest BCUT2D eigenvalue weighted by Crippen LogP contribution is 2.40. The molecule has 3 aliphatic heterocycles. The van der Waals surface area contributed by atoms with Gasteiger partial charge in [0.05, 0.1) is 17.0 Å². The summed E-state index contributed by atoms with van der Waals surface area (Å²) in [6, 6.07) is 6.46. The van der Waals surface area contributed by atoms with Crippen LogP contribution in [0.2, 0.25) is 0 Å². The third-order valence-corrected chi connectivity index (χ3v) is 6.15. The molecule has 0 spiro atoms. The van der Waals surface area contributed by atoms with Gasteiger partial charge in [-0.3, -0.25) is 5.32 Å². The maximum absolute atomic E-state index is 14.0. The van der Waals surface area contributed by atoms with Gasteiger partial charge in [0.25, 0.3) is 0 Å². The predicted octanol–water partition coefficient (Wildman–Crippen LogP) is 4.41. The molecule has 0 aliphatic carbocycles. The normalized spacial score (nSPS) is 24.0. The molecule has 3 fully saturated rings. The van der Waals surface area contributed by atoms with Crippen LogP contribution in [-0.2, 0) is 4.74 Å². The van der Waals surface area contributed by atoms with Crippen molar-refractivity contribution < 1.29 is 13.9 Å². The van der Waals surface area contributed by atoms with Gasteiger partial charge in [0.1, 0.15) is 5.82 Å². The second kappa shape index (κ2) is 7.90. The Balaban J connectivity index is 0.00000196. The molecule has 1 amide bonds. The number of benzene rings is 1. The van der Waals surface area contributed by atoms with E-state index < -0.39 is 6.09 Å². The zero-order valence-electron chi connectivity index (χ0n) is 14.2. The summed E-state index contributed by atoms with van der Waals surface area (Å²) in [5.74, 6) is 0.00656. The minimum atomic E-state index is -0.522. The largest absolute Gasteiger partial charge is 0.449 e. The number of halogens is 2. The highest BCUT2D eigenvalue weighted by molar-refractivity contribution is 7.13. The van der Waals surface area contributed by atoms with E-state index in [2.05, 4.69) is 15.2 Å². The first-order valence-corrected chi connectivity index (χ1v) is 9.38. The lowest BCUT2D eigenvalue weighted by Crippen LogP contribution is -2.50. The SMILES string of the molecule is Cl.O=C(Nc1ncsc1-c1ccccc1F)OCC12CCN(CC1)CC2. The summed E-state index contributed by atoms with van der Waals surface area (Å²) in [4.78, 5) is 19.4. The quantitative estimate of drug-likeness (QED) is 0.830. The molecule has 4 heterocycles. The first kappa shape index (κ1) is 19.1. The van der Waals surface area contributed by atoms with Crippen molar-refractivity contribution in [3.63, 3.8) is 0 Å². The Bertz CT molecular complexity index is 764. The summed E-state index contributed by atoms with van der Waals surface area (Å²) >= 11 is 1.29. The smallest absolute Gasteiger partial charge is 0.412 e. The Morgan fingerprint density at radius 3 is 2.65 bits per heavy atom. The molecule has 8 heteroatoms. The summed E-state index contributed by atoms with van der Waals surface area (Å²) in [7, 11) is 0. The third kappa shape index (κ3) is 3.84. The van der Waals surface area contributed by atoms with Crippen molar-refractivity contribution in [1.29, 1.82) is 0 Å². The van der Waals surface area contributed by atoms with Crippen molar-refractivity contribution in [3.8, 4) is 10.4 Å². The van der Waals surface area contributed by atoms with Gasteiger partial charge in [0, 0.05) is 11.0 Å². The fourth-order valence-electron chi connectivity index (χ4n) is 3.64. The van der Waals surface area contributed by atoms with Crippen molar-refractivity contribution in [3.05, 3.63) is 35.6 Å². The number of carbonyl (C=O) groups excluding carboxylic acids is 1. The minimum Gasteiger partial charge on any atom is -0.449 e. The van der Waals surface area contributed by atoms with Crippen molar-refractivity contribution in [2.24, 2.45) is 5.41 Å². The van der Waals surface area contributed by atoms with Crippen LogP contribution < -0.4 is 5.32 Å². The fourth-order valence-corrected chi connectivity index (χ4v) is 4.41. The van der Waals surface area contributed by atoms with E-state index >= 15 is 0 Å². The van der Waals surface area contributed by atoms with Crippen LogP contribution in [-0.4, -0.2) is 42.2 Å². The Labute approximate surface area is 162 Å². The number of nitrogens with zero attached hydrogens (tertiary/aromatic N) is 2. The predicted molar refractivity (Wildman–Crippen MR) is 102 cm³/mol. The summed E-state index contributed by atoms with van der Waals surface area (Å²) in [5.41, 5.74) is 2.15. The topological polar surface area (TPSA) is 54.5 Å². The Morgan fingerprint density at radius 2 is 1.96 bits per heavy atom. The van der Waals surface area contributed by atoms with Gasteiger partial charge in [-0.15, -0.1) is 23.7 Å². The van der Waals surface area contributed by atoms with Gasteiger partial charge in [-0.25, -0.2) is 14.2 Å². The number of piperidine rings is 3. The van der Waals surface area contributed by atoms with E-state index in [9.17, 15) is 9.18 Å². The molecule has 0 atom stereocenters. The lowest BCUT2D eigenvalue weighted by Gasteiger charge is -2.47. The number of fused-ring (bicyclic) bond motifs is 3. The molecule has 26 heavy (non-hydrogen) atoms.